The van der Waals surface area contributed by atoms with Crippen LogP contribution in [0.1, 0.15) is 93.6 Å². The van der Waals surface area contributed by atoms with Crippen molar-refractivity contribution in [1.29, 1.82) is 0 Å². The Balaban J connectivity index is 1.22. The van der Waals surface area contributed by atoms with Crippen LogP contribution < -0.4 is 9.47 Å². The number of aryl methyl sites for hydroxylation is 1. The molecule has 61 heavy (non-hydrogen) atoms. The summed E-state index contributed by atoms with van der Waals surface area (Å²) >= 11 is 0. The highest BCUT2D eigenvalue weighted by atomic mass is 28.4. The van der Waals surface area contributed by atoms with Crippen LogP contribution in [0.4, 0.5) is 4.79 Å². The third-order valence-electron chi connectivity index (χ3n) is 14.3. The van der Waals surface area contributed by atoms with Gasteiger partial charge in [0, 0.05) is 50.5 Å². The average Bonchev–Trinajstić information content (AvgIpc) is 3.73. The van der Waals surface area contributed by atoms with Crippen LogP contribution in [0.5, 0.6) is 17.2 Å². The van der Waals surface area contributed by atoms with Gasteiger partial charge in [0.15, 0.2) is 32.6 Å². The molecule has 5 fully saturated rings. The van der Waals surface area contributed by atoms with E-state index in [0.717, 1.165) is 0 Å². The predicted octanol–water partition coefficient (Wildman–Crippen LogP) is 4.89. The van der Waals surface area contributed by atoms with E-state index < -0.39 is 110 Å². The second-order valence-electron chi connectivity index (χ2n) is 18.6. The number of hydrogen-bond donors (Lipinski definition) is 2. The van der Waals surface area contributed by atoms with Crippen LogP contribution in [0.25, 0.3) is 10.8 Å². The van der Waals surface area contributed by atoms with Crippen molar-refractivity contribution in [3.63, 3.8) is 0 Å². The zero-order valence-electron chi connectivity index (χ0n) is 36.3. The maximum absolute atomic E-state index is 14.6. The maximum Gasteiger partial charge on any atom is 0.509 e. The van der Waals surface area contributed by atoms with Crippen LogP contribution in [0.3, 0.4) is 0 Å². The summed E-state index contributed by atoms with van der Waals surface area (Å²) in [6, 6.07) is 1.77. The number of ketones is 1. The lowest BCUT2D eigenvalue weighted by atomic mass is 9.77. The Hall–Kier alpha value is -3.63. The zero-order chi connectivity index (χ0) is 44.1. The van der Waals surface area contributed by atoms with Gasteiger partial charge in [-0.25, -0.2) is 4.79 Å². The molecule has 2 aromatic carbocycles. The smallest absolute Gasteiger partial charge is 0.506 e. The number of aromatic hydroxyl groups is 1. The van der Waals surface area contributed by atoms with Gasteiger partial charge in [0.2, 0.25) is 17.5 Å². The molecule has 334 valence electrons. The van der Waals surface area contributed by atoms with E-state index in [2.05, 4.69) is 20.8 Å². The highest BCUT2D eigenvalue weighted by molar-refractivity contribution is 6.74. The number of methoxy groups -OCH3 is 3. The maximum atomic E-state index is 14.6. The minimum Gasteiger partial charge on any atom is -0.506 e. The quantitative estimate of drug-likeness (QED) is 0.148. The number of fused-ring (bicyclic) bond motifs is 8. The molecule has 0 radical (unpaired) electrons. The largest absolute Gasteiger partial charge is 0.509 e. The predicted molar refractivity (Wildman–Crippen MR) is 210 cm³/mol. The number of phenols is 1. The van der Waals surface area contributed by atoms with Gasteiger partial charge in [0.25, 0.3) is 11.6 Å². The number of hydrogen-bond acceptors (Lipinski definition) is 18. The second kappa shape index (κ2) is 13.7. The van der Waals surface area contributed by atoms with E-state index in [-0.39, 0.29) is 52.5 Å². The number of ether oxygens (including phenoxy) is 12. The topological polar surface area (TPSA) is 215 Å². The van der Waals surface area contributed by atoms with E-state index in [1.165, 1.54) is 28.3 Å². The number of rotatable bonds is 9. The molecule has 2 spiro atoms. The lowest BCUT2D eigenvalue weighted by molar-refractivity contribution is -0.387. The van der Waals surface area contributed by atoms with Crippen LogP contribution in [-0.2, 0) is 56.6 Å². The molecule has 0 amide bonds. The molecule has 5 saturated heterocycles. The van der Waals surface area contributed by atoms with E-state index >= 15 is 0 Å². The van der Waals surface area contributed by atoms with Crippen LogP contribution in [-0.4, -0.2) is 130 Å². The SMILES string of the molecule is COc1c2c(c(O)c3c4c(c(C)cc13)C1OC3(C(OC)OC)OC1[C@@](OC1CC(OC(C)=O)C5(OC(=O)O[C@@H]5C)C(C)O1)(O4)[C@@]31CO1)C(=O)C(O[Si](C)(C)C(C)(C)C)C[C@@H]2O. The Morgan fingerprint density at radius 3 is 2.28 bits per heavy atom. The zero-order valence-corrected chi connectivity index (χ0v) is 37.3. The van der Waals surface area contributed by atoms with Crippen molar-refractivity contribution in [1.82, 2.24) is 0 Å². The first kappa shape index (κ1) is 42.7. The first-order chi connectivity index (χ1) is 28.6. The molecule has 12 atom stereocenters. The summed E-state index contributed by atoms with van der Waals surface area (Å²) in [5.41, 5.74) is -2.02. The minimum absolute atomic E-state index is 0.0341. The van der Waals surface area contributed by atoms with Crippen LogP contribution in [0.15, 0.2) is 6.07 Å². The van der Waals surface area contributed by atoms with E-state index in [1.807, 2.05) is 20.0 Å². The molecule has 0 saturated carbocycles. The molecule has 8 unspecified atom stereocenters. The van der Waals surface area contributed by atoms with Crippen molar-refractivity contribution in [3.05, 3.63) is 28.3 Å². The van der Waals surface area contributed by atoms with Crippen LogP contribution in [0, 0.1) is 6.92 Å². The Bertz CT molecular complexity index is 2210. The molecule has 1 aliphatic carbocycles. The van der Waals surface area contributed by atoms with E-state index in [9.17, 15) is 24.6 Å². The van der Waals surface area contributed by atoms with Crippen molar-refractivity contribution in [2.75, 3.05) is 27.9 Å². The van der Waals surface area contributed by atoms with E-state index in [0.29, 0.717) is 16.5 Å². The standard InChI is InChI=1S/C42H54O18Si/c1-17-13-21-27(31(46)29-28(32(21)48-8)22(44)14-23(30(29)45)60-61(11,12)38(5,6)7)33-26(17)34-35-41(56-33,39(16-51-39)42(57-34,58-35)36(49-9)50-10)55-25-15-24(54-20(4)43)40(18(2)52-25)19(3)53-37(47)59-40/h13,18-19,22-25,34-36,44,46H,14-16H2,1-12H3/t18?,19-,22+,23?,24?,25?,34?,35?,39+,40?,41-,42?/m1/s1. The minimum atomic E-state index is -2.55. The molecular weight excluding hydrogens is 821 g/mol. The molecule has 7 aliphatic rings. The van der Waals surface area contributed by atoms with Gasteiger partial charge in [-0.2, -0.15) is 0 Å². The Labute approximate surface area is 353 Å². The van der Waals surface area contributed by atoms with Crippen molar-refractivity contribution >= 4 is 37.0 Å². The normalized spacial score (nSPS) is 38.4. The number of epoxide rings is 1. The number of aliphatic hydroxyl groups is 1. The average molecular weight is 875 g/mol. The Morgan fingerprint density at radius 2 is 1.70 bits per heavy atom. The molecule has 2 N–H and O–H groups in total. The molecule has 6 heterocycles. The van der Waals surface area contributed by atoms with Gasteiger partial charge in [0.05, 0.1) is 30.8 Å². The monoisotopic (exact) mass is 874 g/mol. The van der Waals surface area contributed by atoms with Gasteiger partial charge in [-0.05, 0) is 50.5 Å². The lowest BCUT2D eigenvalue weighted by Gasteiger charge is -2.52. The summed E-state index contributed by atoms with van der Waals surface area (Å²) in [7, 11) is 1.73. The third kappa shape index (κ3) is 5.48. The summed E-state index contributed by atoms with van der Waals surface area (Å²) < 4.78 is 81.8. The fourth-order valence-corrected chi connectivity index (χ4v) is 11.7. The van der Waals surface area contributed by atoms with Gasteiger partial charge in [-0.15, -0.1) is 0 Å². The number of phenolic OH excluding ortho intramolecular Hbond substituents is 1. The highest BCUT2D eigenvalue weighted by Gasteiger charge is 2.94. The summed E-state index contributed by atoms with van der Waals surface area (Å²) in [5, 5.41) is 24.4. The molecule has 6 aliphatic heterocycles. The molecule has 0 aromatic heterocycles. The third-order valence-corrected chi connectivity index (χ3v) is 18.8. The Morgan fingerprint density at radius 1 is 1.02 bits per heavy atom. The van der Waals surface area contributed by atoms with Crippen LogP contribution in [0.2, 0.25) is 18.1 Å². The number of benzene rings is 2. The van der Waals surface area contributed by atoms with Gasteiger partial charge in [-0.3, -0.25) is 9.59 Å². The molecule has 18 nitrogen and oxygen atoms in total. The summed E-state index contributed by atoms with van der Waals surface area (Å²) in [5.74, 6) is -5.09. The van der Waals surface area contributed by atoms with Crippen LogP contribution >= 0.6 is 0 Å². The molecule has 2 aromatic rings. The Kier molecular flexibility index (Phi) is 9.57. The number of esters is 1. The number of cyclic esters (lactones) is 1. The van der Waals surface area contributed by atoms with E-state index in [1.54, 1.807) is 19.9 Å². The number of carbonyl (C=O) groups is 3. The summed E-state index contributed by atoms with van der Waals surface area (Å²) in [6.07, 6.45) is -10.8. The van der Waals surface area contributed by atoms with Crippen molar-refractivity contribution < 1.29 is 85.9 Å². The fraction of sp³-hybridized carbons (Fsp3) is 0.690. The molecule has 19 heteroatoms. The first-order valence-electron chi connectivity index (χ1n) is 20.5. The highest BCUT2D eigenvalue weighted by Crippen LogP contribution is 2.72. The molecule has 9 rings (SSSR count). The lowest BCUT2D eigenvalue weighted by Crippen LogP contribution is -2.72. The van der Waals surface area contributed by atoms with Gasteiger partial charge in [-0.1, -0.05) is 20.8 Å². The fourth-order valence-electron chi connectivity index (χ4n) is 10.4. The summed E-state index contributed by atoms with van der Waals surface area (Å²) in [6.45, 7) is 16.5. The van der Waals surface area contributed by atoms with Gasteiger partial charge < -0.3 is 71.5 Å². The van der Waals surface area contributed by atoms with Gasteiger partial charge >= 0.3 is 12.1 Å². The number of Topliss-reactive ketones (excluding diaryl/α,β-unsaturated/α-hetero) is 1. The van der Waals surface area contributed by atoms with Crippen molar-refractivity contribution in [2.24, 2.45) is 0 Å². The van der Waals surface area contributed by atoms with Gasteiger partial charge in [0.1, 0.15) is 41.7 Å². The van der Waals surface area contributed by atoms with E-state index in [4.69, 9.17) is 61.3 Å². The molecular formula is C42H54O18Si. The number of carbonyl (C=O) groups excluding carboxylic acids is 3. The first-order valence-corrected chi connectivity index (χ1v) is 23.4. The van der Waals surface area contributed by atoms with Crippen molar-refractivity contribution in [2.45, 2.75) is 158 Å². The summed E-state index contributed by atoms with van der Waals surface area (Å²) in [4.78, 5) is 39.7. The number of aliphatic hydroxyl groups excluding tert-OH is 1. The molecule has 2 bridgehead atoms. The second-order valence-corrected chi connectivity index (χ2v) is 23.3. The van der Waals surface area contributed by atoms with Crippen molar-refractivity contribution in [3.8, 4) is 17.2 Å².